The molecule has 2 aliphatic rings. The fourth-order valence-electron chi connectivity index (χ4n) is 4.01. The molecule has 0 aromatic rings. The number of methoxy groups -OCH3 is 1. The molecule has 1 spiro atoms. The third kappa shape index (κ3) is 3.71. The summed E-state index contributed by atoms with van der Waals surface area (Å²) < 4.78 is 11.8. The third-order valence-corrected chi connectivity index (χ3v) is 5.12. The van der Waals surface area contributed by atoms with Gasteiger partial charge in [0.05, 0.1) is 11.7 Å². The van der Waals surface area contributed by atoms with Crippen molar-refractivity contribution in [3.8, 4) is 0 Å². The average molecular weight is 269 g/mol. The van der Waals surface area contributed by atoms with E-state index in [1.165, 1.54) is 44.9 Å². The summed E-state index contributed by atoms with van der Waals surface area (Å²) in [5.41, 5.74) is 0.197. The van der Waals surface area contributed by atoms with Crippen LogP contribution in [0.25, 0.3) is 0 Å². The van der Waals surface area contributed by atoms with Gasteiger partial charge in [0.25, 0.3) is 0 Å². The van der Waals surface area contributed by atoms with Crippen LogP contribution in [0.15, 0.2) is 0 Å². The number of nitrogens with one attached hydrogen (secondary N) is 1. The van der Waals surface area contributed by atoms with Crippen LogP contribution in [-0.4, -0.2) is 38.0 Å². The highest BCUT2D eigenvalue weighted by Crippen LogP contribution is 2.42. The highest BCUT2D eigenvalue weighted by atomic mass is 16.5. The zero-order chi connectivity index (χ0) is 13.7. The first-order chi connectivity index (χ1) is 9.21. The van der Waals surface area contributed by atoms with Crippen LogP contribution in [0.1, 0.15) is 58.8 Å². The second-order valence-electron chi connectivity index (χ2n) is 6.37. The molecule has 3 atom stereocenters. The molecular formula is C16H31NO2. The molecule has 19 heavy (non-hydrogen) atoms. The average Bonchev–Trinajstić information content (AvgIpc) is 2.45. The SMILES string of the molecule is CCNC(C1CCOC2(CCCCC2)C1)C(C)OC. The Balaban J connectivity index is 2.01. The first kappa shape index (κ1) is 15.3. The summed E-state index contributed by atoms with van der Waals surface area (Å²) in [6, 6.07) is 0.470. The molecular weight excluding hydrogens is 238 g/mol. The molecule has 0 amide bonds. The predicted molar refractivity (Wildman–Crippen MR) is 78.4 cm³/mol. The molecule has 3 heteroatoms. The van der Waals surface area contributed by atoms with Crippen LogP contribution in [0.2, 0.25) is 0 Å². The molecule has 0 radical (unpaired) electrons. The Morgan fingerprint density at radius 1 is 1.32 bits per heavy atom. The van der Waals surface area contributed by atoms with E-state index in [1.807, 2.05) is 7.11 Å². The lowest BCUT2D eigenvalue weighted by atomic mass is 9.73. The lowest BCUT2D eigenvalue weighted by Gasteiger charge is -2.46. The normalized spacial score (nSPS) is 30.2. The number of hydrogen-bond donors (Lipinski definition) is 1. The van der Waals surface area contributed by atoms with E-state index in [0.717, 1.165) is 13.2 Å². The van der Waals surface area contributed by atoms with Gasteiger partial charge in [-0.25, -0.2) is 0 Å². The van der Waals surface area contributed by atoms with E-state index in [0.29, 0.717) is 12.0 Å². The molecule has 0 aromatic heterocycles. The Hall–Kier alpha value is -0.120. The summed E-state index contributed by atoms with van der Waals surface area (Å²) in [6.45, 7) is 6.33. The van der Waals surface area contributed by atoms with Gasteiger partial charge in [-0.05, 0) is 45.1 Å². The van der Waals surface area contributed by atoms with Crippen molar-refractivity contribution < 1.29 is 9.47 Å². The van der Waals surface area contributed by atoms with Gasteiger partial charge in [0.2, 0.25) is 0 Å². The minimum atomic E-state index is 0.197. The molecule has 1 aliphatic carbocycles. The van der Waals surface area contributed by atoms with Crippen LogP contribution in [-0.2, 0) is 9.47 Å². The van der Waals surface area contributed by atoms with E-state index >= 15 is 0 Å². The Morgan fingerprint density at radius 3 is 2.68 bits per heavy atom. The second kappa shape index (κ2) is 7.05. The van der Waals surface area contributed by atoms with Crippen molar-refractivity contribution in [2.24, 2.45) is 5.92 Å². The Bertz CT molecular complexity index is 258. The van der Waals surface area contributed by atoms with E-state index in [-0.39, 0.29) is 11.7 Å². The molecule has 3 nitrogen and oxygen atoms in total. The van der Waals surface area contributed by atoms with Crippen molar-refractivity contribution in [1.82, 2.24) is 5.32 Å². The largest absolute Gasteiger partial charge is 0.380 e. The lowest BCUT2D eigenvalue weighted by molar-refractivity contribution is -0.127. The fraction of sp³-hybridized carbons (Fsp3) is 1.00. The topological polar surface area (TPSA) is 30.5 Å². The summed E-state index contributed by atoms with van der Waals surface area (Å²) in [5.74, 6) is 0.696. The standard InChI is InChI=1S/C16H31NO2/c1-4-17-15(13(2)18-3)14-8-11-19-16(12-14)9-6-5-7-10-16/h13-15,17H,4-12H2,1-3H3. The number of rotatable bonds is 5. The monoisotopic (exact) mass is 269 g/mol. The molecule has 1 aliphatic heterocycles. The van der Waals surface area contributed by atoms with Gasteiger partial charge in [-0.3, -0.25) is 0 Å². The van der Waals surface area contributed by atoms with Crippen LogP contribution in [0.5, 0.6) is 0 Å². The molecule has 2 rings (SSSR count). The molecule has 1 saturated heterocycles. The van der Waals surface area contributed by atoms with Crippen molar-refractivity contribution in [3.63, 3.8) is 0 Å². The molecule has 0 bridgehead atoms. The predicted octanol–water partition coefficient (Wildman–Crippen LogP) is 3.13. The fourth-order valence-corrected chi connectivity index (χ4v) is 4.01. The zero-order valence-electron chi connectivity index (χ0n) is 12.9. The minimum absolute atomic E-state index is 0.197. The molecule has 112 valence electrons. The molecule has 1 saturated carbocycles. The molecule has 1 heterocycles. The van der Waals surface area contributed by atoms with Crippen LogP contribution in [0, 0.1) is 5.92 Å². The summed E-state index contributed by atoms with van der Waals surface area (Å²) in [7, 11) is 1.82. The van der Waals surface area contributed by atoms with Crippen molar-refractivity contribution >= 4 is 0 Å². The van der Waals surface area contributed by atoms with Gasteiger partial charge in [0.15, 0.2) is 0 Å². The maximum Gasteiger partial charge on any atom is 0.0698 e. The highest BCUT2D eigenvalue weighted by molar-refractivity contribution is 4.94. The second-order valence-corrected chi connectivity index (χ2v) is 6.37. The van der Waals surface area contributed by atoms with E-state index in [9.17, 15) is 0 Å². The van der Waals surface area contributed by atoms with Crippen LogP contribution >= 0.6 is 0 Å². The first-order valence-corrected chi connectivity index (χ1v) is 8.11. The summed E-state index contributed by atoms with van der Waals surface area (Å²) >= 11 is 0. The Kier molecular flexibility index (Phi) is 5.67. The van der Waals surface area contributed by atoms with Gasteiger partial charge in [-0.15, -0.1) is 0 Å². The quantitative estimate of drug-likeness (QED) is 0.832. The first-order valence-electron chi connectivity index (χ1n) is 8.11. The van der Waals surface area contributed by atoms with Gasteiger partial charge < -0.3 is 14.8 Å². The van der Waals surface area contributed by atoms with Crippen molar-refractivity contribution in [2.75, 3.05) is 20.3 Å². The van der Waals surface area contributed by atoms with Gasteiger partial charge in [0, 0.05) is 19.8 Å². The van der Waals surface area contributed by atoms with Gasteiger partial charge in [-0.2, -0.15) is 0 Å². The maximum atomic E-state index is 6.21. The minimum Gasteiger partial charge on any atom is -0.380 e. The lowest BCUT2D eigenvalue weighted by Crippen LogP contribution is -2.51. The zero-order valence-corrected chi connectivity index (χ0v) is 12.9. The van der Waals surface area contributed by atoms with Gasteiger partial charge >= 0.3 is 0 Å². The van der Waals surface area contributed by atoms with E-state index in [2.05, 4.69) is 19.2 Å². The van der Waals surface area contributed by atoms with E-state index in [1.54, 1.807) is 0 Å². The summed E-state index contributed by atoms with van der Waals surface area (Å²) in [5, 5.41) is 3.64. The van der Waals surface area contributed by atoms with Gasteiger partial charge in [-0.1, -0.05) is 26.2 Å². The summed E-state index contributed by atoms with van der Waals surface area (Å²) in [6.07, 6.45) is 9.29. The third-order valence-electron chi connectivity index (χ3n) is 5.12. The molecule has 2 fully saturated rings. The van der Waals surface area contributed by atoms with Crippen LogP contribution < -0.4 is 5.32 Å². The Morgan fingerprint density at radius 2 is 2.05 bits per heavy atom. The van der Waals surface area contributed by atoms with E-state index < -0.39 is 0 Å². The number of hydrogen-bond acceptors (Lipinski definition) is 3. The van der Waals surface area contributed by atoms with E-state index in [4.69, 9.17) is 9.47 Å². The van der Waals surface area contributed by atoms with Crippen molar-refractivity contribution in [2.45, 2.75) is 76.5 Å². The van der Waals surface area contributed by atoms with Crippen LogP contribution in [0.3, 0.4) is 0 Å². The number of likely N-dealkylation sites (N-methyl/N-ethyl adjacent to an activating group) is 1. The summed E-state index contributed by atoms with van der Waals surface area (Å²) in [4.78, 5) is 0. The Labute approximate surface area is 118 Å². The van der Waals surface area contributed by atoms with Gasteiger partial charge in [0.1, 0.15) is 0 Å². The highest BCUT2D eigenvalue weighted by Gasteiger charge is 2.41. The van der Waals surface area contributed by atoms with Crippen molar-refractivity contribution in [3.05, 3.63) is 0 Å². The molecule has 1 N–H and O–H groups in total. The smallest absolute Gasteiger partial charge is 0.0698 e. The molecule has 0 aromatic carbocycles. The van der Waals surface area contributed by atoms with Crippen molar-refractivity contribution in [1.29, 1.82) is 0 Å². The van der Waals surface area contributed by atoms with Crippen LogP contribution in [0.4, 0.5) is 0 Å². The number of ether oxygens (including phenoxy) is 2. The molecule has 3 unspecified atom stereocenters. The maximum absolute atomic E-state index is 6.21.